The van der Waals surface area contributed by atoms with E-state index in [0.717, 1.165) is 17.7 Å². The van der Waals surface area contributed by atoms with Crippen LogP contribution in [-0.2, 0) is 4.79 Å². The Hall–Kier alpha value is -2.16. The smallest absolute Gasteiger partial charge is 0.257 e. The van der Waals surface area contributed by atoms with Crippen LogP contribution >= 0.6 is 0 Å². The summed E-state index contributed by atoms with van der Waals surface area (Å²) in [4.78, 5) is 27.0. The first-order valence-electron chi connectivity index (χ1n) is 7.48. The zero-order valence-electron chi connectivity index (χ0n) is 12.6. The van der Waals surface area contributed by atoms with Gasteiger partial charge in [-0.05, 0) is 18.9 Å². The predicted octanol–water partition coefficient (Wildman–Crippen LogP) is 1.02. The van der Waals surface area contributed by atoms with Gasteiger partial charge in [0.15, 0.2) is 23.3 Å². The van der Waals surface area contributed by atoms with Crippen molar-refractivity contribution in [1.82, 2.24) is 9.80 Å². The molecule has 2 aliphatic rings. The van der Waals surface area contributed by atoms with Gasteiger partial charge in [0.2, 0.25) is 5.91 Å². The molecule has 1 heterocycles. The molecule has 1 aromatic carbocycles. The molecule has 3 rings (SSSR count). The van der Waals surface area contributed by atoms with Gasteiger partial charge in [-0.3, -0.25) is 14.5 Å². The second-order valence-corrected chi connectivity index (χ2v) is 5.99. The minimum atomic E-state index is -2.04. The number of hydrogen-bond acceptors (Lipinski definition) is 3. The molecule has 1 saturated heterocycles. The quantitative estimate of drug-likeness (QED) is 0.505. The maximum absolute atomic E-state index is 13.8. The Balaban J connectivity index is 1.84. The Morgan fingerprint density at radius 3 is 2.29 bits per heavy atom. The van der Waals surface area contributed by atoms with E-state index in [2.05, 4.69) is 0 Å². The molecular formula is C15H15F4N3O2. The fraction of sp³-hybridized carbons (Fsp3) is 0.467. The van der Waals surface area contributed by atoms with Gasteiger partial charge in [-0.2, -0.15) is 0 Å². The van der Waals surface area contributed by atoms with Crippen LogP contribution in [0, 0.1) is 23.3 Å². The predicted molar refractivity (Wildman–Crippen MR) is 74.9 cm³/mol. The second-order valence-electron chi connectivity index (χ2n) is 5.99. The number of halogens is 4. The van der Waals surface area contributed by atoms with Gasteiger partial charge in [0.1, 0.15) is 6.04 Å². The first kappa shape index (κ1) is 16.7. The SMILES string of the molecule is NC(=O)[C@@H]1CN(C(=O)c2cc(F)c(F)c(F)c2F)CCN1C1CC1. The highest BCUT2D eigenvalue weighted by Crippen LogP contribution is 2.31. The summed E-state index contributed by atoms with van der Waals surface area (Å²) in [5, 5.41) is 0. The van der Waals surface area contributed by atoms with Gasteiger partial charge in [0, 0.05) is 25.7 Å². The minimum absolute atomic E-state index is 0.106. The Kier molecular flexibility index (Phi) is 4.20. The van der Waals surface area contributed by atoms with Gasteiger partial charge in [-0.25, -0.2) is 17.6 Å². The van der Waals surface area contributed by atoms with Gasteiger partial charge >= 0.3 is 0 Å². The summed E-state index contributed by atoms with van der Waals surface area (Å²) >= 11 is 0. The molecule has 1 aliphatic carbocycles. The van der Waals surface area contributed by atoms with Crippen LogP contribution in [0.5, 0.6) is 0 Å². The first-order valence-corrected chi connectivity index (χ1v) is 7.48. The van der Waals surface area contributed by atoms with Crippen molar-refractivity contribution in [2.45, 2.75) is 24.9 Å². The van der Waals surface area contributed by atoms with E-state index in [1.807, 2.05) is 4.90 Å². The van der Waals surface area contributed by atoms with Crippen LogP contribution in [0.4, 0.5) is 17.6 Å². The van der Waals surface area contributed by atoms with E-state index in [0.29, 0.717) is 12.6 Å². The molecule has 5 nitrogen and oxygen atoms in total. The highest BCUT2D eigenvalue weighted by atomic mass is 19.2. The summed E-state index contributed by atoms with van der Waals surface area (Å²) in [5.74, 6) is -9.05. The number of primary amides is 1. The zero-order valence-corrected chi connectivity index (χ0v) is 12.6. The van der Waals surface area contributed by atoms with Crippen LogP contribution in [-0.4, -0.2) is 53.3 Å². The third-order valence-corrected chi connectivity index (χ3v) is 4.39. The zero-order chi connectivity index (χ0) is 17.6. The van der Waals surface area contributed by atoms with Gasteiger partial charge in [0.05, 0.1) is 5.56 Å². The van der Waals surface area contributed by atoms with Crippen molar-refractivity contribution in [2.75, 3.05) is 19.6 Å². The van der Waals surface area contributed by atoms with Crippen LogP contribution in [0.3, 0.4) is 0 Å². The van der Waals surface area contributed by atoms with Crippen LogP contribution < -0.4 is 5.73 Å². The van der Waals surface area contributed by atoms with Crippen molar-refractivity contribution >= 4 is 11.8 Å². The molecule has 24 heavy (non-hydrogen) atoms. The molecule has 9 heteroatoms. The molecule has 1 saturated carbocycles. The monoisotopic (exact) mass is 345 g/mol. The Morgan fingerprint density at radius 1 is 1.04 bits per heavy atom. The minimum Gasteiger partial charge on any atom is -0.368 e. The molecule has 0 unspecified atom stereocenters. The highest BCUT2D eigenvalue weighted by molar-refractivity contribution is 5.95. The molecule has 1 atom stereocenters. The number of carbonyl (C=O) groups excluding carboxylic acids is 2. The average Bonchev–Trinajstić information content (AvgIpc) is 3.40. The maximum Gasteiger partial charge on any atom is 0.257 e. The van der Waals surface area contributed by atoms with Crippen molar-refractivity contribution in [1.29, 1.82) is 0 Å². The van der Waals surface area contributed by atoms with E-state index in [1.165, 1.54) is 0 Å². The Bertz CT molecular complexity index is 708. The number of benzene rings is 1. The second kappa shape index (κ2) is 6.04. The molecule has 2 amide bonds. The van der Waals surface area contributed by atoms with Crippen LogP contribution in [0.1, 0.15) is 23.2 Å². The third-order valence-electron chi connectivity index (χ3n) is 4.39. The molecule has 2 N–H and O–H groups in total. The van der Waals surface area contributed by atoms with Crippen LogP contribution in [0.25, 0.3) is 0 Å². The van der Waals surface area contributed by atoms with Crippen molar-refractivity contribution in [3.63, 3.8) is 0 Å². The number of rotatable bonds is 3. The van der Waals surface area contributed by atoms with E-state index < -0.39 is 46.7 Å². The standard InChI is InChI=1S/C15H15F4N3O2/c16-9-5-8(11(17)13(19)12(9)18)15(24)21-3-4-22(7-1-2-7)10(6-21)14(20)23/h5,7,10H,1-4,6H2,(H2,20,23)/t10-/m0/s1. The van der Waals surface area contributed by atoms with E-state index in [-0.39, 0.29) is 19.1 Å². The summed E-state index contributed by atoms with van der Waals surface area (Å²) in [7, 11) is 0. The van der Waals surface area contributed by atoms with E-state index in [1.54, 1.807) is 0 Å². The van der Waals surface area contributed by atoms with Crippen LogP contribution in [0.2, 0.25) is 0 Å². The average molecular weight is 345 g/mol. The number of nitrogens with two attached hydrogens (primary N) is 1. The molecule has 2 fully saturated rings. The molecule has 0 radical (unpaired) electrons. The fourth-order valence-electron chi connectivity index (χ4n) is 2.98. The molecule has 0 bridgehead atoms. The van der Waals surface area contributed by atoms with E-state index >= 15 is 0 Å². The van der Waals surface area contributed by atoms with Crippen molar-refractivity contribution in [3.8, 4) is 0 Å². The van der Waals surface area contributed by atoms with Crippen molar-refractivity contribution in [3.05, 3.63) is 34.9 Å². The molecular weight excluding hydrogens is 330 g/mol. The number of amides is 2. The summed E-state index contributed by atoms with van der Waals surface area (Å²) < 4.78 is 53.4. The van der Waals surface area contributed by atoms with Crippen LogP contribution in [0.15, 0.2) is 6.07 Å². The number of nitrogens with zero attached hydrogens (tertiary/aromatic N) is 2. The fourth-order valence-corrected chi connectivity index (χ4v) is 2.98. The largest absolute Gasteiger partial charge is 0.368 e. The highest BCUT2D eigenvalue weighted by Gasteiger charge is 2.41. The topological polar surface area (TPSA) is 66.6 Å². The van der Waals surface area contributed by atoms with Crippen molar-refractivity contribution < 1.29 is 27.2 Å². The summed E-state index contributed by atoms with van der Waals surface area (Å²) in [6.45, 7) is 0.391. The first-order chi connectivity index (χ1) is 11.3. The molecule has 1 aliphatic heterocycles. The summed E-state index contributed by atoms with van der Waals surface area (Å²) in [6.07, 6.45) is 1.86. The number of hydrogen-bond donors (Lipinski definition) is 1. The Labute approximate surface area is 135 Å². The van der Waals surface area contributed by atoms with Gasteiger partial charge < -0.3 is 10.6 Å². The van der Waals surface area contributed by atoms with Gasteiger partial charge in [0.25, 0.3) is 5.91 Å². The lowest BCUT2D eigenvalue weighted by atomic mass is 10.1. The molecule has 130 valence electrons. The Morgan fingerprint density at radius 2 is 1.71 bits per heavy atom. The lowest BCUT2D eigenvalue weighted by Crippen LogP contribution is -2.60. The van der Waals surface area contributed by atoms with E-state index in [4.69, 9.17) is 5.73 Å². The van der Waals surface area contributed by atoms with Gasteiger partial charge in [-0.1, -0.05) is 0 Å². The normalized spacial score (nSPS) is 21.8. The van der Waals surface area contributed by atoms with E-state index in [9.17, 15) is 27.2 Å². The summed E-state index contributed by atoms with van der Waals surface area (Å²) in [5.41, 5.74) is 4.45. The lowest BCUT2D eigenvalue weighted by molar-refractivity contribution is -0.125. The molecule has 1 aromatic rings. The molecule has 0 spiro atoms. The van der Waals surface area contributed by atoms with Crippen molar-refractivity contribution in [2.24, 2.45) is 5.73 Å². The third kappa shape index (κ3) is 2.83. The molecule has 0 aromatic heterocycles. The lowest BCUT2D eigenvalue weighted by Gasteiger charge is -2.40. The maximum atomic E-state index is 13.8. The number of carbonyl (C=O) groups is 2. The summed E-state index contributed by atoms with van der Waals surface area (Å²) in [6, 6.07) is -0.187. The van der Waals surface area contributed by atoms with Gasteiger partial charge in [-0.15, -0.1) is 0 Å². The number of piperazine rings is 1.